The van der Waals surface area contributed by atoms with Gasteiger partial charge in [-0.3, -0.25) is 4.99 Å². The van der Waals surface area contributed by atoms with Crippen molar-refractivity contribution in [3.05, 3.63) is 0 Å². The fraction of sp³-hybridized carbons (Fsp3) is 0.875. The van der Waals surface area contributed by atoms with Gasteiger partial charge in [0.2, 0.25) is 0 Å². The first-order valence-electron chi connectivity index (χ1n) is 8.66. The molecule has 0 aromatic rings. The topological polar surface area (TPSA) is 83.2 Å². The van der Waals surface area contributed by atoms with Gasteiger partial charge in [-0.1, -0.05) is 6.92 Å². The largest absolute Gasteiger partial charge is 0.450 e. The number of guanidine groups is 1. The molecule has 0 aliphatic carbocycles. The summed E-state index contributed by atoms with van der Waals surface area (Å²) in [5.41, 5.74) is 5.96. The van der Waals surface area contributed by atoms with Gasteiger partial charge in [-0.05, 0) is 40.2 Å². The molecule has 24 heavy (non-hydrogen) atoms. The maximum Gasteiger partial charge on any atom is 0.409 e. The van der Waals surface area contributed by atoms with Crippen LogP contribution in [0.4, 0.5) is 4.79 Å². The Kier molecular flexibility index (Phi) is 12.2. The molecule has 1 aliphatic rings. The molecule has 0 radical (unpaired) electrons. The Hall–Kier alpha value is -0.770. The van der Waals surface area contributed by atoms with Crippen LogP contribution in [0.25, 0.3) is 0 Å². The molecule has 1 heterocycles. The molecule has 1 rings (SSSR count). The van der Waals surface area contributed by atoms with Gasteiger partial charge in [0.05, 0.1) is 13.2 Å². The molecule has 7 nitrogen and oxygen atoms in total. The third-order valence-corrected chi connectivity index (χ3v) is 4.45. The molecule has 142 valence electrons. The summed E-state index contributed by atoms with van der Waals surface area (Å²) < 4.78 is 5.02. The van der Waals surface area contributed by atoms with Gasteiger partial charge in [0.15, 0.2) is 5.96 Å². The maximum absolute atomic E-state index is 11.6. The molecule has 1 fully saturated rings. The fourth-order valence-electron chi connectivity index (χ4n) is 2.54. The van der Waals surface area contributed by atoms with E-state index in [1.54, 1.807) is 4.90 Å². The SMILES string of the molecule is CCOC(=O)N1CCC(NC(N)=NCCN(C)C(C)CC)CC1.I. The van der Waals surface area contributed by atoms with Gasteiger partial charge in [-0.2, -0.15) is 0 Å². The van der Waals surface area contributed by atoms with Crippen molar-refractivity contribution in [2.45, 2.75) is 52.1 Å². The van der Waals surface area contributed by atoms with Crippen LogP contribution in [-0.2, 0) is 4.74 Å². The molecule has 1 saturated heterocycles. The van der Waals surface area contributed by atoms with Gasteiger partial charge < -0.3 is 25.6 Å². The predicted molar refractivity (Wildman–Crippen MR) is 109 cm³/mol. The smallest absolute Gasteiger partial charge is 0.409 e. The van der Waals surface area contributed by atoms with E-state index in [9.17, 15) is 4.79 Å². The number of aliphatic imine (C=N–C) groups is 1. The Balaban J connectivity index is 0.00000529. The number of ether oxygens (including phenoxy) is 1. The Morgan fingerprint density at radius 1 is 1.42 bits per heavy atom. The van der Waals surface area contributed by atoms with Gasteiger partial charge >= 0.3 is 6.09 Å². The highest BCUT2D eigenvalue weighted by Gasteiger charge is 2.23. The zero-order valence-corrected chi connectivity index (χ0v) is 17.8. The minimum atomic E-state index is -0.222. The molecule has 3 N–H and O–H groups in total. The summed E-state index contributed by atoms with van der Waals surface area (Å²) in [4.78, 5) is 20.1. The number of nitrogens with zero attached hydrogens (tertiary/aromatic N) is 3. The third kappa shape index (κ3) is 8.36. The zero-order chi connectivity index (χ0) is 17.2. The average molecular weight is 455 g/mol. The minimum absolute atomic E-state index is 0. The van der Waals surface area contributed by atoms with Crippen LogP contribution in [0.1, 0.15) is 40.0 Å². The molecule has 1 aliphatic heterocycles. The number of carbonyl (C=O) groups excluding carboxylic acids is 1. The van der Waals surface area contributed by atoms with Crippen molar-refractivity contribution in [3.63, 3.8) is 0 Å². The molecule has 1 amide bonds. The Morgan fingerprint density at radius 3 is 2.58 bits per heavy atom. The van der Waals surface area contributed by atoms with Crippen molar-refractivity contribution in [3.8, 4) is 0 Å². The van der Waals surface area contributed by atoms with Crippen LogP contribution in [0.5, 0.6) is 0 Å². The molecule has 0 spiro atoms. The van der Waals surface area contributed by atoms with Gasteiger partial charge in [-0.25, -0.2) is 4.79 Å². The van der Waals surface area contributed by atoms with Crippen molar-refractivity contribution in [1.29, 1.82) is 0 Å². The summed E-state index contributed by atoms with van der Waals surface area (Å²) in [6.07, 6.45) is 2.64. The van der Waals surface area contributed by atoms with E-state index in [1.165, 1.54) is 0 Å². The molecule has 0 aromatic carbocycles. The summed E-state index contributed by atoms with van der Waals surface area (Å²) in [7, 11) is 2.11. The third-order valence-electron chi connectivity index (χ3n) is 4.45. The van der Waals surface area contributed by atoms with E-state index in [0.717, 1.165) is 25.8 Å². The lowest BCUT2D eigenvalue weighted by Crippen LogP contribution is -2.48. The second-order valence-corrected chi connectivity index (χ2v) is 6.11. The van der Waals surface area contributed by atoms with Crippen LogP contribution < -0.4 is 11.1 Å². The van der Waals surface area contributed by atoms with Crippen LogP contribution in [-0.4, -0.2) is 73.8 Å². The number of halogens is 1. The van der Waals surface area contributed by atoms with Crippen molar-refractivity contribution >= 4 is 36.0 Å². The molecule has 8 heteroatoms. The zero-order valence-electron chi connectivity index (χ0n) is 15.5. The lowest BCUT2D eigenvalue weighted by atomic mass is 10.1. The molecule has 0 saturated carbocycles. The Morgan fingerprint density at radius 2 is 2.04 bits per heavy atom. The summed E-state index contributed by atoms with van der Waals surface area (Å²) in [6.45, 7) is 9.62. The fourth-order valence-corrected chi connectivity index (χ4v) is 2.54. The first kappa shape index (κ1) is 23.2. The van der Waals surface area contributed by atoms with Crippen molar-refractivity contribution in [1.82, 2.24) is 15.1 Å². The summed E-state index contributed by atoms with van der Waals surface area (Å²) in [6, 6.07) is 0.836. The number of nitrogens with one attached hydrogen (secondary N) is 1. The van der Waals surface area contributed by atoms with Crippen LogP contribution in [0.3, 0.4) is 0 Å². The first-order chi connectivity index (χ1) is 11.0. The lowest BCUT2D eigenvalue weighted by Gasteiger charge is -2.31. The number of carbonyl (C=O) groups is 1. The highest BCUT2D eigenvalue weighted by molar-refractivity contribution is 14.0. The summed E-state index contributed by atoms with van der Waals surface area (Å²) in [5.74, 6) is 0.497. The van der Waals surface area contributed by atoms with Crippen molar-refractivity contribution < 1.29 is 9.53 Å². The van der Waals surface area contributed by atoms with E-state index in [0.29, 0.717) is 38.2 Å². The normalized spacial score (nSPS) is 17.4. The minimum Gasteiger partial charge on any atom is -0.450 e. The average Bonchev–Trinajstić information content (AvgIpc) is 2.54. The van der Waals surface area contributed by atoms with Gasteiger partial charge in [0.25, 0.3) is 0 Å². The van der Waals surface area contributed by atoms with E-state index in [-0.39, 0.29) is 36.1 Å². The van der Waals surface area contributed by atoms with Crippen LogP contribution in [0, 0.1) is 0 Å². The number of likely N-dealkylation sites (tertiary alicyclic amines) is 1. The van der Waals surface area contributed by atoms with Crippen molar-refractivity contribution in [2.75, 3.05) is 39.8 Å². The number of rotatable bonds is 7. The van der Waals surface area contributed by atoms with Crippen LogP contribution in [0.2, 0.25) is 0 Å². The lowest BCUT2D eigenvalue weighted by molar-refractivity contribution is 0.0963. The highest BCUT2D eigenvalue weighted by atomic mass is 127. The van der Waals surface area contributed by atoms with Crippen molar-refractivity contribution in [2.24, 2.45) is 10.7 Å². The van der Waals surface area contributed by atoms with Gasteiger partial charge in [0.1, 0.15) is 0 Å². The van der Waals surface area contributed by atoms with E-state index >= 15 is 0 Å². The monoisotopic (exact) mass is 455 g/mol. The predicted octanol–water partition coefficient (Wildman–Crippen LogP) is 1.86. The number of hydrogen-bond donors (Lipinski definition) is 2. The highest BCUT2D eigenvalue weighted by Crippen LogP contribution is 2.11. The summed E-state index contributed by atoms with van der Waals surface area (Å²) >= 11 is 0. The number of piperidine rings is 1. The second-order valence-electron chi connectivity index (χ2n) is 6.11. The van der Waals surface area contributed by atoms with E-state index in [2.05, 4.69) is 36.1 Å². The Labute approximate surface area is 163 Å². The molecular weight excluding hydrogens is 421 g/mol. The quantitative estimate of drug-likeness (QED) is 0.348. The van der Waals surface area contributed by atoms with Gasteiger partial charge in [0, 0.05) is 31.7 Å². The van der Waals surface area contributed by atoms with Crippen LogP contribution in [0.15, 0.2) is 4.99 Å². The molecule has 0 bridgehead atoms. The number of likely N-dealkylation sites (N-methyl/N-ethyl adjacent to an activating group) is 1. The first-order valence-corrected chi connectivity index (χ1v) is 8.66. The van der Waals surface area contributed by atoms with E-state index < -0.39 is 0 Å². The molecular formula is C16H34IN5O2. The second kappa shape index (κ2) is 12.6. The number of nitrogens with two attached hydrogens (primary N) is 1. The molecule has 1 unspecified atom stereocenters. The number of amides is 1. The Bertz CT molecular complexity index is 387. The van der Waals surface area contributed by atoms with E-state index in [4.69, 9.17) is 10.5 Å². The number of hydrogen-bond acceptors (Lipinski definition) is 4. The van der Waals surface area contributed by atoms with Gasteiger partial charge in [-0.15, -0.1) is 24.0 Å². The maximum atomic E-state index is 11.6. The molecule has 1 atom stereocenters. The molecule has 0 aromatic heterocycles. The van der Waals surface area contributed by atoms with Crippen LogP contribution >= 0.6 is 24.0 Å². The standard InChI is InChI=1S/C16H33N5O2.HI/c1-5-13(3)20(4)12-9-18-15(17)19-14-7-10-21(11-8-14)16(22)23-6-2;/h13-14H,5-12H2,1-4H3,(H3,17,18,19);1H. The van der Waals surface area contributed by atoms with E-state index in [1.807, 2.05) is 6.92 Å². The summed E-state index contributed by atoms with van der Waals surface area (Å²) in [5, 5.41) is 3.26.